The molecule has 2 atom stereocenters. The molecule has 1 rings (SSSR count). The minimum atomic E-state index is 0.484. The molecule has 1 aliphatic rings. The van der Waals surface area contributed by atoms with Gasteiger partial charge in [0, 0.05) is 12.8 Å². The van der Waals surface area contributed by atoms with Gasteiger partial charge in [0.15, 0.2) is 0 Å². The molecule has 0 aromatic carbocycles. The van der Waals surface area contributed by atoms with E-state index in [0.29, 0.717) is 11.7 Å². The standard InChI is InChI=1S/C16H28O/c1-4-5-6-7-16(17)12-14(3)15-10-8-13(2)9-11-15/h8,14-15H,4-7,9-12H2,1-3H3. The predicted molar refractivity (Wildman–Crippen MR) is 74.0 cm³/mol. The lowest BCUT2D eigenvalue weighted by Gasteiger charge is -2.26. The minimum Gasteiger partial charge on any atom is -0.300 e. The van der Waals surface area contributed by atoms with Crippen LogP contribution in [0.5, 0.6) is 0 Å². The molecule has 0 heterocycles. The van der Waals surface area contributed by atoms with E-state index in [1.165, 1.54) is 37.7 Å². The fourth-order valence-corrected chi connectivity index (χ4v) is 2.70. The summed E-state index contributed by atoms with van der Waals surface area (Å²) in [4.78, 5) is 11.8. The van der Waals surface area contributed by atoms with Crippen LogP contribution >= 0.6 is 0 Å². The highest BCUT2D eigenvalue weighted by molar-refractivity contribution is 5.78. The van der Waals surface area contributed by atoms with Crippen LogP contribution in [0.3, 0.4) is 0 Å². The largest absolute Gasteiger partial charge is 0.300 e. The van der Waals surface area contributed by atoms with Crippen LogP contribution in [0, 0.1) is 11.8 Å². The van der Waals surface area contributed by atoms with Crippen molar-refractivity contribution < 1.29 is 4.79 Å². The lowest BCUT2D eigenvalue weighted by Crippen LogP contribution is -2.17. The van der Waals surface area contributed by atoms with Crippen molar-refractivity contribution in [2.45, 2.75) is 72.1 Å². The average Bonchev–Trinajstić information content (AvgIpc) is 2.30. The summed E-state index contributed by atoms with van der Waals surface area (Å²) in [5.41, 5.74) is 1.53. The van der Waals surface area contributed by atoms with Gasteiger partial charge in [0.1, 0.15) is 5.78 Å². The Hall–Kier alpha value is -0.590. The van der Waals surface area contributed by atoms with Crippen LogP contribution in [0.15, 0.2) is 11.6 Å². The second-order valence-corrected chi connectivity index (χ2v) is 5.76. The van der Waals surface area contributed by atoms with Crippen LogP contribution in [0.1, 0.15) is 72.1 Å². The SMILES string of the molecule is CCCCCC(=O)CC(C)C1CC=C(C)CC1. The Labute approximate surface area is 107 Å². The summed E-state index contributed by atoms with van der Waals surface area (Å²) in [6.45, 7) is 6.66. The number of rotatable bonds is 7. The van der Waals surface area contributed by atoms with Gasteiger partial charge in [0.25, 0.3) is 0 Å². The normalized spacial score (nSPS) is 22.1. The monoisotopic (exact) mass is 236 g/mol. The van der Waals surface area contributed by atoms with Crippen molar-refractivity contribution in [1.29, 1.82) is 0 Å². The van der Waals surface area contributed by atoms with Crippen LogP contribution in [0.4, 0.5) is 0 Å². The Balaban J connectivity index is 2.24. The summed E-state index contributed by atoms with van der Waals surface area (Å²) < 4.78 is 0. The summed E-state index contributed by atoms with van der Waals surface area (Å²) in [7, 11) is 0. The fraction of sp³-hybridized carbons (Fsp3) is 0.812. The first-order chi connectivity index (χ1) is 8.13. The molecular weight excluding hydrogens is 208 g/mol. The maximum Gasteiger partial charge on any atom is 0.133 e. The molecule has 0 aromatic heterocycles. The first kappa shape index (κ1) is 14.5. The zero-order valence-electron chi connectivity index (χ0n) is 11.8. The van der Waals surface area contributed by atoms with E-state index in [4.69, 9.17) is 0 Å². The average molecular weight is 236 g/mol. The molecule has 0 aromatic rings. The molecule has 1 heteroatoms. The van der Waals surface area contributed by atoms with E-state index < -0.39 is 0 Å². The van der Waals surface area contributed by atoms with Crippen LogP contribution in [0.25, 0.3) is 0 Å². The first-order valence-corrected chi connectivity index (χ1v) is 7.30. The molecule has 2 unspecified atom stereocenters. The van der Waals surface area contributed by atoms with Crippen molar-refractivity contribution in [2.24, 2.45) is 11.8 Å². The highest BCUT2D eigenvalue weighted by Crippen LogP contribution is 2.31. The van der Waals surface area contributed by atoms with Gasteiger partial charge in [0.05, 0.1) is 0 Å². The number of allylic oxidation sites excluding steroid dienone is 2. The molecule has 0 bridgehead atoms. The van der Waals surface area contributed by atoms with Gasteiger partial charge in [0.2, 0.25) is 0 Å². The third kappa shape index (κ3) is 5.52. The number of hydrogen-bond acceptors (Lipinski definition) is 1. The maximum absolute atomic E-state index is 11.8. The summed E-state index contributed by atoms with van der Waals surface area (Å²) >= 11 is 0. The maximum atomic E-state index is 11.8. The predicted octanol–water partition coefficient (Wildman–Crippen LogP) is 4.91. The van der Waals surface area contributed by atoms with E-state index in [9.17, 15) is 4.79 Å². The van der Waals surface area contributed by atoms with Crippen molar-refractivity contribution in [3.8, 4) is 0 Å². The van der Waals surface area contributed by atoms with Crippen molar-refractivity contribution in [3.05, 3.63) is 11.6 Å². The van der Waals surface area contributed by atoms with Crippen LogP contribution in [-0.2, 0) is 4.79 Å². The number of Topliss-reactive ketones (excluding diaryl/α,β-unsaturated/α-hetero) is 1. The first-order valence-electron chi connectivity index (χ1n) is 7.30. The molecule has 0 fully saturated rings. The second-order valence-electron chi connectivity index (χ2n) is 5.76. The summed E-state index contributed by atoms with van der Waals surface area (Å²) in [5.74, 6) is 1.81. The molecule has 0 radical (unpaired) electrons. The topological polar surface area (TPSA) is 17.1 Å². The molecule has 0 saturated heterocycles. The molecule has 0 amide bonds. The lowest BCUT2D eigenvalue weighted by molar-refractivity contribution is -0.120. The number of carbonyl (C=O) groups excluding carboxylic acids is 1. The van der Waals surface area contributed by atoms with Gasteiger partial charge >= 0.3 is 0 Å². The van der Waals surface area contributed by atoms with Gasteiger partial charge in [-0.25, -0.2) is 0 Å². The summed E-state index contributed by atoms with van der Waals surface area (Å²) in [6, 6.07) is 0. The number of ketones is 1. The van der Waals surface area contributed by atoms with Gasteiger partial charge in [-0.1, -0.05) is 38.3 Å². The van der Waals surface area contributed by atoms with Gasteiger partial charge < -0.3 is 0 Å². The van der Waals surface area contributed by atoms with Crippen molar-refractivity contribution in [1.82, 2.24) is 0 Å². The minimum absolute atomic E-state index is 0.484. The zero-order valence-corrected chi connectivity index (χ0v) is 11.8. The van der Waals surface area contributed by atoms with Crippen molar-refractivity contribution in [2.75, 3.05) is 0 Å². The molecule has 0 saturated carbocycles. The third-order valence-electron chi connectivity index (χ3n) is 4.09. The Morgan fingerprint density at radius 3 is 2.82 bits per heavy atom. The van der Waals surface area contributed by atoms with E-state index in [0.717, 1.165) is 25.2 Å². The molecule has 0 spiro atoms. The van der Waals surface area contributed by atoms with E-state index in [1.807, 2.05) is 0 Å². The number of hydrogen-bond donors (Lipinski definition) is 0. The smallest absolute Gasteiger partial charge is 0.133 e. The lowest BCUT2D eigenvalue weighted by atomic mass is 9.79. The van der Waals surface area contributed by atoms with Crippen LogP contribution < -0.4 is 0 Å². The van der Waals surface area contributed by atoms with Gasteiger partial charge in [-0.05, 0) is 44.4 Å². The molecule has 98 valence electrons. The molecule has 17 heavy (non-hydrogen) atoms. The molecule has 0 aliphatic heterocycles. The van der Waals surface area contributed by atoms with Gasteiger partial charge in [-0.3, -0.25) is 4.79 Å². The summed E-state index contributed by atoms with van der Waals surface area (Å²) in [6.07, 6.45) is 11.2. The number of carbonyl (C=O) groups is 1. The number of unbranched alkanes of at least 4 members (excludes halogenated alkanes) is 2. The molecular formula is C16H28O. The fourth-order valence-electron chi connectivity index (χ4n) is 2.70. The molecule has 1 nitrogen and oxygen atoms in total. The van der Waals surface area contributed by atoms with Crippen molar-refractivity contribution >= 4 is 5.78 Å². The zero-order chi connectivity index (χ0) is 12.7. The van der Waals surface area contributed by atoms with Gasteiger partial charge in [-0.2, -0.15) is 0 Å². The van der Waals surface area contributed by atoms with E-state index in [2.05, 4.69) is 26.8 Å². The van der Waals surface area contributed by atoms with Crippen molar-refractivity contribution in [3.63, 3.8) is 0 Å². The van der Waals surface area contributed by atoms with E-state index in [1.54, 1.807) is 0 Å². The summed E-state index contributed by atoms with van der Waals surface area (Å²) in [5, 5.41) is 0. The Morgan fingerprint density at radius 1 is 1.47 bits per heavy atom. The Kier molecular flexibility index (Phi) is 6.54. The second kappa shape index (κ2) is 7.68. The Bertz CT molecular complexity index is 265. The molecule has 1 aliphatic carbocycles. The molecule has 0 N–H and O–H groups in total. The van der Waals surface area contributed by atoms with Crippen LogP contribution in [0.2, 0.25) is 0 Å². The van der Waals surface area contributed by atoms with E-state index in [-0.39, 0.29) is 0 Å². The van der Waals surface area contributed by atoms with Crippen LogP contribution in [-0.4, -0.2) is 5.78 Å². The Morgan fingerprint density at radius 2 is 2.24 bits per heavy atom. The third-order valence-corrected chi connectivity index (χ3v) is 4.09. The van der Waals surface area contributed by atoms with Gasteiger partial charge in [-0.15, -0.1) is 0 Å². The van der Waals surface area contributed by atoms with E-state index >= 15 is 0 Å². The highest BCUT2D eigenvalue weighted by Gasteiger charge is 2.21. The quantitative estimate of drug-likeness (QED) is 0.453. The highest BCUT2D eigenvalue weighted by atomic mass is 16.1.